The van der Waals surface area contributed by atoms with Crippen molar-refractivity contribution in [1.29, 1.82) is 0 Å². The molecule has 3 rings (SSSR count). The molecule has 1 aromatic heterocycles. The van der Waals surface area contributed by atoms with E-state index in [2.05, 4.69) is 27.7 Å². The third-order valence-electron chi connectivity index (χ3n) is 4.42. The van der Waals surface area contributed by atoms with Crippen LogP contribution in [0, 0.1) is 5.92 Å². The van der Waals surface area contributed by atoms with Crippen LogP contribution < -0.4 is 15.5 Å². The maximum atomic E-state index is 11.9. The number of amides is 2. The molecule has 2 heterocycles. The quantitative estimate of drug-likeness (QED) is 0.808. The number of carbonyl (C=O) groups is 2. The number of anilines is 1. The van der Waals surface area contributed by atoms with Gasteiger partial charge >= 0.3 is 0 Å². The van der Waals surface area contributed by atoms with Crippen LogP contribution >= 0.6 is 0 Å². The van der Waals surface area contributed by atoms with E-state index in [-0.39, 0.29) is 18.2 Å². The Kier molecular flexibility index (Phi) is 5.72. The zero-order valence-corrected chi connectivity index (χ0v) is 14.1. The first-order valence-electron chi connectivity index (χ1n) is 8.59. The minimum absolute atomic E-state index is 0.0364. The lowest BCUT2D eigenvalue weighted by molar-refractivity contribution is -0.121. The van der Waals surface area contributed by atoms with Crippen molar-refractivity contribution < 1.29 is 14.0 Å². The molecule has 1 aromatic carbocycles. The average Bonchev–Trinajstić information content (AvgIpc) is 3.32. The molecule has 1 fully saturated rings. The summed E-state index contributed by atoms with van der Waals surface area (Å²) in [5, 5.41) is 5.67. The third kappa shape index (κ3) is 4.86. The molecule has 0 radical (unpaired) electrons. The van der Waals surface area contributed by atoms with Crippen LogP contribution in [0.2, 0.25) is 0 Å². The Morgan fingerprint density at radius 3 is 2.76 bits per heavy atom. The van der Waals surface area contributed by atoms with Gasteiger partial charge in [-0.05, 0) is 30.5 Å². The fourth-order valence-electron chi connectivity index (χ4n) is 3.00. The van der Waals surface area contributed by atoms with Crippen molar-refractivity contribution >= 4 is 17.5 Å². The summed E-state index contributed by atoms with van der Waals surface area (Å²) in [5.74, 6) is 0.200. The second-order valence-corrected chi connectivity index (χ2v) is 6.26. The number of furan rings is 1. The van der Waals surface area contributed by atoms with E-state index in [1.807, 2.05) is 18.2 Å². The molecule has 2 N–H and O–H groups in total. The van der Waals surface area contributed by atoms with Gasteiger partial charge in [0.15, 0.2) is 0 Å². The molecule has 2 aromatic rings. The van der Waals surface area contributed by atoms with E-state index in [0.29, 0.717) is 24.6 Å². The van der Waals surface area contributed by atoms with Gasteiger partial charge in [-0.2, -0.15) is 0 Å². The lowest BCUT2D eigenvalue weighted by atomic mass is 10.1. The highest BCUT2D eigenvalue weighted by molar-refractivity contribution is 5.94. The maximum absolute atomic E-state index is 11.9. The predicted octanol–water partition coefficient (Wildman–Crippen LogP) is 2.04. The minimum atomic E-state index is -0.226. The summed E-state index contributed by atoms with van der Waals surface area (Å²) in [5.41, 5.74) is 1.70. The van der Waals surface area contributed by atoms with Crippen LogP contribution in [0.5, 0.6) is 0 Å². The van der Waals surface area contributed by atoms with Crippen molar-refractivity contribution in [2.75, 3.05) is 31.1 Å². The number of nitrogens with zero attached hydrogens (tertiary/aromatic N) is 1. The van der Waals surface area contributed by atoms with Gasteiger partial charge in [0.2, 0.25) is 5.91 Å². The Hall–Kier alpha value is -2.76. The number of rotatable bonds is 7. The van der Waals surface area contributed by atoms with Crippen LogP contribution in [0.3, 0.4) is 0 Å². The summed E-state index contributed by atoms with van der Waals surface area (Å²) < 4.78 is 4.86. The van der Waals surface area contributed by atoms with Crippen LogP contribution in [0.25, 0.3) is 0 Å². The summed E-state index contributed by atoms with van der Waals surface area (Å²) in [7, 11) is 0. The highest BCUT2D eigenvalue weighted by Crippen LogP contribution is 2.22. The Balaban J connectivity index is 1.32. The standard InChI is InChI=1S/C19H23N3O3/c23-18(6-9-20-19(24)16-8-11-25-14-16)21-12-15-7-10-22(13-15)17-4-2-1-3-5-17/h1-5,8,11,14-15H,6-7,9-10,12-13H2,(H,20,24)(H,21,23)/t15-/m1/s1. The summed E-state index contributed by atoms with van der Waals surface area (Å²) in [6, 6.07) is 11.9. The lowest BCUT2D eigenvalue weighted by Gasteiger charge is -2.18. The number of para-hydroxylation sites is 1. The molecule has 0 aliphatic carbocycles. The van der Waals surface area contributed by atoms with Gasteiger partial charge in [-0.1, -0.05) is 18.2 Å². The van der Waals surface area contributed by atoms with Crippen molar-refractivity contribution in [2.24, 2.45) is 5.92 Å². The maximum Gasteiger partial charge on any atom is 0.254 e. The first-order chi connectivity index (χ1) is 12.2. The normalized spacial score (nSPS) is 16.6. The van der Waals surface area contributed by atoms with Crippen LogP contribution in [-0.4, -0.2) is 38.0 Å². The summed E-state index contributed by atoms with van der Waals surface area (Å²) in [6.07, 6.45) is 4.18. The van der Waals surface area contributed by atoms with Gasteiger partial charge < -0.3 is 20.0 Å². The van der Waals surface area contributed by atoms with E-state index in [0.717, 1.165) is 19.5 Å². The van der Waals surface area contributed by atoms with Gasteiger partial charge in [-0.3, -0.25) is 9.59 Å². The summed E-state index contributed by atoms with van der Waals surface area (Å²) in [6.45, 7) is 2.97. The van der Waals surface area contributed by atoms with Gasteiger partial charge in [0, 0.05) is 38.3 Å². The summed E-state index contributed by atoms with van der Waals surface area (Å²) >= 11 is 0. The Labute approximate surface area is 147 Å². The number of nitrogens with one attached hydrogen (secondary N) is 2. The van der Waals surface area contributed by atoms with Crippen LogP contribution in [-0.2, 0) is 4.79 Å². The first kappa shape index (κ1) is 17.1. The largest absolute Gasteiger partial charge is 0.472 e. The molecule has 0 unspecified atom stereocenters. The second kappa shape index (κ2) is 8.37. The topological polar surface area (TPSA) is 74.6 Å². The lowest BCUT2D eigenvalue weighted by Crippen LogP contribution is -2.34. The fourth-order valence-corrected chi connectivity index (χ4v) is 3.00. The molecule has 0 bridgehead atoms. The molecule has 1 aliphatic rings. The highest BCUT2D eigenvalue weighted by Gasteiger charge is 2.22. The zero-order valence-electron chi connectivity index (χ0n) is 14.1. The molecule has 0 saturated carbocycles. The number of hydrogen-bond donors (Lipinski definition) is 2. The van der Waals surface area contributed by atoms with E-state index in [4.69, 9.17) is 4.42 Å². The third-order valence-corrected chi connectivity index (χ3v) is 4.42. The molecule has 25 heavy (non-hydrogen) atoms. The molecule has 132 valence electrons. The number of benzene rings is 1. The zero-order chi connectivity index (χ0) is 17.5. The van der Waals surface area contributed by atoms with E-state index in [9.17, 15) is 9.59 Å². The van der Waals surface area contributed by atoms with Crippen molar-refractivity contribution in [3.8, 4) is 0 Å². The van der Waals surface area contributed by atoms with E-state index in [1.54, 1.807) is 6.07 Å². The van der Waals surface area contributed by atoms with Gasteiger partial charge in [0.05, 0.1) is 11.8 Å². The minimum Gasteiger partial charge on any atom is -0.472 e. The molecule has 1 saturated heterocycles. The molecule has 1 aliphatic heterocycles. The predicted molar refractivity (Wildman–Crippen MR) is 95.4 cm³/mol. The smallest absolute Gasteiger partial charge is 0.254 e. The van der Waals surface area contributed by atoms with E-state index >= 15 is 0 Å². The summed E-state index contributed by atoms with van der Waals surface area (Å²) in [4.78, 5) is 26.0. The Morgan fingerprint density at radius 2 is 2.00 bits per heavy atom. The van der Waals surface area contributed by atoms with Crippen molar-refractivity contribution in [2.45, 2.75) is 12.8 Å². The Bertz CT molecular complexity index is 685. The Morgan fingerprint density at radius 1 is 1.16 bits per heavy atom. The van der Waals surface area contributed by atoms with Crippen molar-refractivity contribution in [3.63, 3.8) is 0 Å². The SMILES string of the molecule is O=C(CCNC(=O)c1ccoc1)NC[C@H]1CCN(c2ccccc2)C1. The average molecular weight is 341 g/mol. The monoisotopic (exact) mass is 341 g/mol. The van der Waals surface area contributed by atoms with Crippen molar-refractivity contribution in [3.05, 3.63) is 54.5 Å². The molecular weight excluding hydrogens is 318 g/mol. The van der Waals surface area contributed by atoms with Gasteiger partial charge in [-0.25, -0.2) is 0 Å². The molecular formula is C19H23N3O3. The molecule has 6 nitrogen and oxygen atoms in total. The van der Waals surface area contributed by atoms with Crippen LogP contribution in [0.1, 0.15) is 23.2 Å². The van der Waals surface area contributed by atoms with Crippen LogP contribution in [0.15, 0.2) is 53.3 Å². The number of hydrogen-bond acceptors (Lipinski definition) is 4. The van der Waals surface area contributed by atoms with Gasteiger partial charge in [0.1, 0.15) is 6.26 Å². The van der Waals surface area contributed by atoms with E-state index < -0.39 is 0 Å². The molecule has 0 spiro atoms. The molecule has 6 heteroatoms. The van der Waals surface area contributed by atoms with Crippen molar-refractivity contribution in [1.82, 2.24) is 10.6 Å². The first-order valence-corrected chi connectivity index (χ1v) is 8.59. The van der Waals surface area contributed by atoms with Gasteiger partial charge in [0.25, 0.3) is 5.91 Å². The number of carbonyl (C=O) groups excluding carboxylic acids is 2. The highest BCUT2D eigenvalue weighted by atomic mass is 16.3. The fraction of sp³-hybridized carbons (Fsp3) is 0.368. The second-order valence-electron chi connectivity index (χ2n) is 6.26. The molecule has 1 atom stereocenters. The van der Waals surface area contributed by atoms with E-state index in [1.165, 1.54) is 18.2 Å². The molecule has 2 amide bonds. The van der Waals surface area contributed by atoms with Gasteiger partial charge in [-0.15, -0.1) is 0 Å². The van der Waals surface area contributed by atoms with Crippen LogP contribution in [0.4, 0.5) is 5.69 Å².